The maximum Gasteiger partial charge on any atom is 0.137 e. The van der Waals surface area contributed by atoms with Gasteiger partial charge in [0.1, 0.15) is 5.65 Å². The molecule has 1 saturated carbocycles. The summed E-state index contributed by atoms with van der Waals surface area (Å²) >= 11 is 0. The van der Waals surface area contributed by atoms with E-state index in [1.54, 1.807) is 0 Å². The predicted octanol–water partition coefficient (Wildman–Crippen LogP) is 4.80. The molecule has 1 unspecified atom stereocenters. The van der Waals surface area contributed by atoms with Crippen LogP contribution < -0.4 is 0 Å². The minimum Gasteiger partial charge on any atom is -0.379 e. The minimum absolute atomic E-state index is 0.623. The molecule has 2 aromatic heterocycles. The van der Waals surface area contributed by atoms with Crippen LogP contribution in [0.2, 0.25) is 0 Å². The molecule has 3 heterocycles. The highest BCUT2D eigenvalue weighted by atomic mass is 16.5. The third-order valence-corrected chi connectivity index (χ3v) is 6.63. The van der Waals surface area contributed by atoms with Crippen LogP contribution in [0.1, 0.15) is 61.9 Å². The molecule has 1 aliphatic heterocycles. The summed E-state index contributed by atoms with van der Waals surface area (Å²) in [5.41, 5.74) is 6.35. The number of fused-ring (bicyclic) bond motifs is 1. The highest BCUT2D eigenvalue weighted by molar-refractivity contribution is 5.76. The van der Waals surface area contributed by atoms with Gasteiger partial charge in [0.25, 0.3) is 0 Å². The van der Waals surface area contributed by atoms with Crippen molar-refractivity contribution in [3.63, 3.8) is 0 Å². The zero-order valence-corrected chi connectivity index (χ0v) is 16.9. The average Bonchev–Trinajstić information content (AvgIpc) is 3.38. The molecular weight excluding hydrogens is 346 g/mol. The van der Waals surface area contributed by atoms with Gasteiger partial charge in [-0.05, 0) is 48.3 Å². The zero-order chi connectivity index (χ0) is 18.9. The van der Waals surface area contributed by atoms with Crippen molar-refractivity contribution in [1.82, 2.24) is 14.3 Å². The quantitative estimate of drug-likeness (QED) is 0.766. The standard InChI is InChI=1S/C24H31N3O/c1-18-6-8-20(9-7-18)24-22(17-26-12-14-28-15-13-26)27-16-21(10-11-23(27)25-24)19-4-2-3-5-19/h6,8-11,16,18-19H,2-5,7,12-15,17H2,1H3. The molecule has 0 N–H and O–H groups in total. The molecule has 2 fully saturated rings. The van der Waals surface area contributed by atoms with E-state index in [2.05, 4.69) is 52.8 Å². The van der Waals surface area contributed by atoms with Crippen LogP contribution in [0.5, 0.6) is 0 Å². The van der Waals surface area contributed by atoms with Crippen LogP contribution in [0, 0.1) is 5.92 Å². The van der Waals surface area contributed by atoms with Gasteiger partial charge in [-0.2, -0.15) is 0 Å². The number of allylic oxidation sites excluding steroid dienone is 4. The van der Waals surface area contributed by atoms with Gasteiger partial charge in [0.05, 0.1) is 24.6 Å². The molecule has 0 amide bonds. The van der Waals surface area contributed by atoms with Crippen molar-refractivity contribution in [3.05, 3.63) is 53.5 Å². The zero-order valence-electron chi connectivity index (χ0n) is 16.9. The molecule has 28 heavy (non-hydrogen) atoms. The lowest BCUT2D eigenvalue weighted by atomic mass is 9.96. The second-order valence-electron chi connectivity index (χ2n) is 8.70. The Kier molecular flexibility index (Phi) is 5.08. The lowest BCUT2D eigenvalue weighted by Crippen LogP contribution is -2.36. The number of ether oxygens (including phenoxy) is 1. The molecule has 148 valence electrons. The molecule has 2 aliphatic carbocycles. The molecule has 1 atom stereocenters. The first-order valence-corrected chi connectivity index (χ1v) is 11.0. The second kappa shape index (κ2) is 7.84. The second-order valence-corrected chi connectivity index (χ2v) is 8.70. The molecule has 4 nitrogen and oxygen atoms in total. The monoisotopic (exact) mass is 377 g/mol. The molecule has 4 heteroatoms. The first kappa shape index (κ1) is 18.1. The van der Waals surface area contributed by atoms with Gasteiger partial charge in [0.2, 0.25) is 0 Å². The van der Waals surface area contributed by atoms with Crippen molar-refractivity contribution in [2.75, 3.05) is 26.3 Å². The number of rotatable bonds is 4. The summed E-state index contributed by atoms with van der Waals surface area (Å²) in [7, 11) is 0. The maximum atomic E-state index is 5.56. The number of imidazole rings is 1. The van der Waals surface area contributed by atoms with Gasteiger partial charge >= 0.3 is 0 Å². The van der Waals surface area contributed by atoms with E-state index in [0.29, 0.717) is 5.92 Å². The third kappa shape index (κ3) is 3.56. The summed E-state index contributed by atoms with van der Waals surface area (Å²) in [5.74, 6) is 1.35. The Morgan fingerprint density at radius 2 is 1.96 bits per heavy atom. The van der Waals surface area contributed by atoms with E-state index in [9.17, 15) is 0 Å². The Morgan fingerprint density at radius 1 is 1.14 bits per heavy atom. The van der Waals surface area contributed by atoms with Crippen LogP contribution in [0.15, 0.2) is 36.6 Å². The molecule has 3 aliphatic rings. The van der Waals surface area contributed by atoms with Crippen LogP contribution in [0.25, 0.3) is 11.2 Å². The van der Waals surface area contributed by atoms with E-state index in [0.717, 1.165) is 50.8 Å². The van der Waals surface area contributed by atoms with Crippen molar-refractivity contribution >= 4 is 11.2 Å². The van der Waals surface area contributed by atoms with E-state index in [1.807, 2.05) is 0 Å². The van der Waals surface area contributed by atoms with Gasteiger partial charge in [-0.1, -0.05) is 44.1 Å². The number of pyridine rings is 1. The normalized spacial score (nSPS) is 24.2. The largest absolute Gasteiger partial charge is 0.379 e. The SMILES string of the molecule is CC1C=CC(c2nc3ccc(C4CCCC4)cn3c2CN2CCOCC2)=CC1. The van der Waals surface area contributed by atoms with Gasteiger partial charge in [0.15, 0.2) is 0 Å². The van der Waals surface area contributed by atoms with Gasteiger partial charge in [-0.3, -0.25) is 4.90 Å². The number of morpholine rings is 1. The van der Waals surface area contributed by atoms with Gasteiger partial charge in [-0.25, -0.2) is 4.98 Å². The molecular formula is C24H31N3O. The average molecular weight is 378 g/mol. The summed E-state index contributed by atoms with van der Waals surface area (Å²) in [6.45, 7) is 6.88. The minimum atomic E-state index is 0.623. The summed E-state index contributed by atoms with van der Waals surface area (Å²) in [5, 5.41) is 0. The van der Waals surface area contributed by atoms with E-state index in [1.165, 1.54) is 48.2 Å². The van der Waals surface area contributed by atoms with Crippen LogP contribution in [-0.4, -0.2) is 40.6 Å². The number of hydrogen-bond donors (Lipinski definition) is 0. The van der Waals surface area contributed by atoms with Crippen molar-refractivity contribution in [3.8, 4) is 0 Å². The van der Waals surface area contributed by atoms with Crippen LogP contribution in [0.3, 0.4) is 0 Å². The highest BCUT2D eigenvalue weighted by Gasteiger charge is 2.22. The number of hydrogen-bond acceptors (Lipinski definition) is 3. The summed E-state index contributed by atoms with van der Waals surface area (Å²) in [6, 6.07) is 4.55. The van der Waals surface area contributed by atoms with Crippen molar-refractivity contribution < 1.29 is 4.74 Å². The van der Waals surface area contributed by atoms with Crippen molar-refractivity contribution in [2.24, 2.45) is 5.92 Å². The molecule has 0 bridgehead atoms. The molecule has 0 radical (unpaired) electrons. The predicted molar refractivity (Wildman–Crippen MR) is 113 cm³/mol. The topological polar surface area (TPSA) is 29.8 Å². The Morgan fingerprint density at radius 3 is 2.71 bits per heavy atom. The third-order valence-electron chi connectivity index (χ3n) is 6.63. The van der Waals surface area contributed by atoms with Gasteiger partial charge in [0, 0.05) is 25.8 Å². The number of aromatic nitrogens is 2. The van der Waals surface area contributed by atoms with E-state index in [-0.39, 0.29) is 0 Å². The van der Waals surface area contributed by atoms with Crippen molar-refractivity contribution in [1.29, 1.82) is 0 Å². The fraction of sp³-hybridized carbons (Fsp3) is 0.542. The van der Waals surface area contributed by atoms with E-state index in [4.69, 9.17) is 9.72 Å². The Bertz CT molecular complexity index is 898. The summed E-state index contributed by atoms with van der Waals surface area (Å²) < 4.78 is 7.94. The molecule has 2 aromatic rings. The summed E-state index contributed by atoms with van der Waals surface area (Å²) in [4.78, 5) is 7.59. The van der Waals surface area contributed by atoms with E-state index >= 15 is 0 Å². The molecule has 0 aromatic carbocycles. The van der Waals surface area contributed by atoms with Crippen LogP contribution in [-0.2, 0) is 11.3 Å². The van der Waals surface area contributed by atoms with E-state index < -0.39 is 0 Å². The fourth-order valence-electron chi connectivity index (χ4n) is 4.87. The molecule has 1 saturated heterocycles. The van der Waals surface area contributed by atoms with Gasteiger partial charge in [-0.15, -0.1) is 0 Å². The Hall–Kier alpha value is -1.91. The Balaban J connectivity index is 1.56. The first-order chi connectivity index (χ1) is 13.8. The maximum absolute atomic E-state index is 5.56. The Labute approximate surface area is 167 Å². The molecule has 5 rings (SSSR count). The summed E-state index contributed by atoms with van der Waals surface area (Å²) in [6.07, 6.45) is 15.8. The van der Waals surface area contributed by atoms with Crippen molar-refractivity contribution in [2.45, 2.75) is 51.5 Å². The van der Waals surface area contributed by atoms with Gasteiger partial charge < -0.3 is 9.14 Å². The lowest BCUT2D eigenvalue weighted by molar-refractivity contribution is 0.0335. The highest BCUT2D eigenvalue weighted by Crippen LogP contribution is 2.35. The number of nitrogens with zero attached hydrogens (tertiary/aromatic N) is 3. The smallest absolute Gasteiger partial charge is 0.137 e. The molecule has 0 spiro atoms. The first-order valence-electron chi connectivity index (χ1n) is 11.0. The van der Waals surface area contributed by atoms with Crippen LogP contribution in [0.4, 0.5) is 0 Å². The lowest BCUT2D eigenvalue weighted by Gasteiger charge is -2.27. The van der Waals surface area contributed by atoms with Crippen LogP contribution >= 0.6 is 0 Å². The fourth-order valence-corrected chi connectivity index (χ4v) is 4.87.